The van der Waals surface area contributed by atoms with Gasteiger partial charge in [-0.15, -0.1) is 0 Å². The fourth-order valence-electron chi connectivity index (χ4n) is 3.99. The molecule has 5 heteroatoms. The molecule has 1 N–H and O–H groups in total. The van der Waals surface area contributed by atoms with Crippen molar-refractivity contribution in [3.63, 3.8) is 0 Å². The molecule has 1 fully saturated rings. The molecule has 4 rings (SSSR count). The summed E-state index contributed by atoms with van der Waals surface area (Å²) in [7, 11) is 1.39. The first kappa shape index (κ1) is 21.1. The Bertz CT molecular complexity index is 1080. The predicted octanol–water partition coefficient (Wildman–Crippen LogP) is 5.13. The lowest BCUT2D eigenvalue weighted by Gasteiger charge is -2.15. The molecule has 3 aromatic rings. The van der Waals surface area contributed by atoms with Gasteiger partial charge in [0.05, 0.1) is 30.1 Å². The molecule has 31 heavy (non-hydrogen) atoms. The fraction of sp³-hybridized carbons (Fsp3) is 0.308. The van der Waals surface area contributed by atoms with Gasteiger partial charge in [-0.1, -0.05) is 29.8 Å². The van der Waals surface area contributed by atoms with Crippen molar-refractivity contribution < 1.29 is 9.53 Å². The highest BCUT2D eigenvalue weighted by atomic mass is 16.5. The maximum atomic E-state index is 11.6. The van der Waals surface area contributed by atoms with Gasteiger partial charge in [0.2, 0.25) is 0 Å². The lowest BCUT2D eigenvalue weighted by atomic mass is 10.1. The number of anilines is 1. The highest BCUT2D eigenvalue weighted by Crippen LogP contribution is 2.21. The lowest BCUT2D eigenvalue weighted by molar-refractivity contribution is 0.0600. The van der Waals surface area contributed by atoms with Crippen molar-refractivity contribution in [1.29, 1.82) is 0 Å². The van der Waals surface area contributed by atoms with E-state index in [0.29, 0.717) is 5.56 Å². The van der Waals surface area contributed by atoms with E-state index in [1.54, 1.807) is 12.1 Å². The Morgan fingerprint density at radius 3 is 2.65 bits per heavy atom. The molecule has 0 bridgehead atoms. The molecule has 1 aromatic heterocycles. The van der Waals surface area contributed by atoms with Crippen LogP contribution in [0.5, 0.6) is 0 Å². The highest BCUT2D eigenvalue weighted by molar-refractivity contribution is 5.89. The van der Waals surface area contributed by atoms with Crippen LogP contribution in [-0.4, -0.2) is 42.6 Å². The van der Waals surface area contributed by atoms with Crippen LogP contribution in [0.15, 0.2) is 60.3 Å². The van der Waals surface area contributed by atoms with Crippen molar-refractivity contribution >= 4 is 28.6 Å². The number of carbonyl (C=O) groups is 1. The van der Waals surface area contributed by atoms with Crippen LogP contribution in [0.4, 0.5) is 5.69 Å². The summed E-state index contributed by atoms with van der Waals surface area (Å²) in [5.41, 5.74) is 6.18. The third-order valence-corrected chi connectivity index (χ3v) is 5.67. The van der Waals surface area contributed by atoms with Crippen LogP contribution in [0.25, 0.3) is 17.0 Å². The highest BCUT2D eigenvalue weighted by Gasteiger charge is 2.12. The second-order valence-electron chi connectivity index (χ2n) is 8.19. The lowest BCUT2D eigenvalue weighted by Crippen LogP contribution is -2.18. The number of esters is 1. The van der Waals surface area contributed by atoms with Gasteiger partial charge in [-0.05, 0) is 74.3 Å². The summed E-state index contributed by atoms with van der Waals surface area (Å²) in [6, 6.07) is 16.2. The van der Waals surface area contributed by atoms with Crippen molar-refractivity contribution in [2.75, 3.05) is 32.1 Å². The number of rotatable bonds is 7. The Morgan fingerprint density at radius 2 is 1.90 bits per heavy atom. The topological polar surface area (TPSA) is 54.5 Å². The second kappa shape index (κ2) is 9.75. The van der Waals surface area contributed by atoms with Crippen LogP contribution in [0.2, 0.25) is 0 Å². The van der Waals surface area contributed by atoms with Crippen LogP contribution < -0.4 is 5.32 Å². The van der Waals surface area contributed by atoms with Crippen molar-refractivity contribution in [1.82, 2.24) is 9.88 Å². The fourth-order valence-corrected chi connectivity index (χ4v) is 3.99. The smallest absolute Gasteiger partial charge is 0.337 e. The van der Waals surface area contributed by atoms with Gasteiger partial charge in [0.1, 0.15) is 0 Å². The van der Waals surface area contributed by atoms with Gasteiger partial charge in [-0.2, -0.15) is 0 Å². The molecule has 0 spiro atoms. The number of likely N-dealkylation sites (tertiary alicyclic amines) is 1. The maximum absolute atomic E-state index is 11.6. The van der Waals surface area contributed by atoms with Crippen molar-refractivity contribution in [3.8, 4) is 0 Å². The van der Waals surface area contributed by atoms with E-state index in [0.717, 1.165) is 29.9 Å². The number of benzene rings is 2. The number of nitrogens with zero attached hydrogens (tertiary/aromatic N) is 2. The molecule has 0 unspecified atom stereocenters. The molecular formula is C26H29N3O2. The minimum atomic E-state index is -0.318. The van der Waals surface area contributed by atoms with Gasteiger partial charge >= 0.3 is 5.97 Å². The number of hydrogen-bond donors (Lipinski definition) is 1. The summed E-state index contributed by atoms with van der Waals surface area (Å²) in [5.74, 6) is -0.318. The zero-order valence-electron chi connectivity index (χ0n) is 18.2. The minimum Gasteiger partial charge on any atom is -0.465 e. The average molecular weight is 416 g/mol. The van der Waals surface area contributed by atoms with Gasteiger partial charge < -0.3 is 10.1 Å². The number of nitrogens with one attached hydrogen (secondary N) is 1. The molecule has 2 heterocycles. The Balaban J connectivity index is 1.40. The first-order chi connectivity index (χ1) is 15.1. The molecule has 1 saturated heterocycles. The molecule has 0 radical (unpaired) electrons. The van der Waals surface area contributed by atoms with E-state index in [4.69, 9.17) is 4.74 Å². The molecule has 1 aliphatic heterocycles. The van der Waals surface area contributed by atoms with Gasteiger partial charge in [0, 0.05) is 18.5 Å². The molecular weight excluding hydrogens is 386 g/mol. The van der Waals surface area contributed by atoms with Crippen LogP contribution in [-0.2, 0) is 11.3 Å². The SMILES string of the molecule is COC(=O)c1ccc(/C=C(\C)CNc2cnc3ccc(CN4CCCC4)cc3c2)cc1. The average Bonchev–Trinajstić information content (AvgIpc) is 3.30. The Kier molecular flexibility index (Phi) is 6.63. The largest absolute Gasteiger partial charge is 0.465 e. The van der Waals surface area contributed by atoms with Crippen LogP contribution in [0.1, 0.15) is 41.3 Å². The number of pyridine rings is 1. The molecule has 0 aliphatic carbocycles. The van der Waals surface area contributed by atoms with Crippen LogP contribution in [0.3, 0.4) is 0 Å². The third kappa shape index (κ3) is 5.50. The van der Waals surface area contributed by atoms with Crippen LogP contribution >= 0.6 is 0 Å². The maximum Gasteiger partial charge on any atom is 0.337 e. The Morgan fingerprint density at radius 1 is 1.13 bits per heavy atom. The molecule has 0 saturated carbocycles. The minimum absolute atomic E-state index is 0.318. The second-order valence-corrected chi connectivity index (χ2v) is 8.19. The molecule has 1 aliphatic rings. The number of aromatic nitrogens is 1. The third-order valence-electron chi connectivity index (χ3n) is 5.67. The molecule has 0 atom stereocenters. The zero-order chi connectivity index (χ0) is 21.6. The van der Waals surface area contributed by atoms with Gasteiger partial charge in [-0.3, -0.25) is 9.88 Å². The first-order valence-corrected chi connectivity index (χ1v) is 10.8. The number of methoxy groups -OCH3 is 1. The van der Waals surface area contributed by atoms with E-state index in [2.05, 4.69) is 52.5 Å². The van der Waals surface area contributed by atoms with Crippen molar-refractivity contribution in [3.05, 3.63) is 77.0 Å². The summed E-state index contributed by atoms with van der Waals surface area (Å²) >= 11 is 0. The summed E-state index contributed by atoms with van der Waals surface area (Å²) in [6.07, 6.45) is 6.62. The van der Waals surface area contributed by atoms with E-state index in [1.807, 2.05) is 18.3 Å². The Labute approximate surface area is 183 Å². The monoisotopic (exact) mass is 415 g/mol. The summed E-state index contributed by atoms with van der Waals surface area (Å²) in [4.78, 5) is 18.7. The van der Waals surface area contributed by atoms with Crippen LogP contribution in [0, 0.1) is 0 Å². The van der Waals surface area contributed by atoms with Crippen molar-refractivity contribution in [2.24, 2.45) is 0 Å². The molecule has 5 nitrogen and oxygen atoms in total. The van der Waals surface area contributed by atoms with Gasteiger partial charge in [0.25, 0.3) is 0 Å². The zero-order valence-corrected chi connectivity index (χ0v) is 18.2. The summed E-state index contributed by atoms with van der Waals surface area (Å²) in [6.45, 7) is 6.23. The van der Waals surface area contributed by atoms with E-state index >= 15 is 0 Å². The van der Waals surface area contributed by atoms with E-state index in [-0.39, 0.29) is 5.97 Å². The number of ether oxygens (including phenoxy) is 1. The number of carbonyl (C=O) groups excluding carboxylic acids is 1. The Hall–Kier alpha value is -3.18. The van der Waals surface area contributed by atoms with E-state index < -0.39 is 0 Å². The summed E-state index contributed by atoms with van der Waals surface area (Å²) in [5, 5.41) is 4.64. The first-order valence-electron chi connectivity index (χ1n) is 10.8. The number of hydrogen-bond acceptors (Lipinski definition) is 5. The molecule has 0 amide bonds. The number of fused-ring (bicyclic) bond motifs is 1. The standard InChI is InChI=1S/C26H29N3O2/c1-19(13-20-5-8-22(9-6-20)26(30)31-2)16-27-24-15-23-14-21(7-10-25(23)28-17-24)18-29-11-3-4-12-29/h5-10,13-15,17,27H,3-4,11-12,16,18H2,1-2H3/b19-13+. The normalized spacial score (nSPS) is 14.7. The summed E-state index contributed by atoms with van der Waals surface area (Å²) < 4.78 is 4.74. The quantitative estimate of drug-likeness (QED) is 0.542. The predicted molar refractivity (Wildman–Crippen MR) is 126 cm³/mol. The van der Waals surface area contributed by atoms with E-state index in [9.17, 15) is 4.79 Å². The van der Waals surface area contributed by atoms with E-state index in [1.165, 1.54) is 49.6 Å². The molecule has 160 valence electrons. The van der Waals surface area contributed by atoms with Crippen molar-refractivity contribution in [2.45, 2.75) is 26.3 Å². The van der Waals surface area contributed by atoms with Gasteiger partial charge in [-0.25, -0.2) is 4.79 Å². The molecule has 2 aromatic carbocycles. The van der Waals surface area contributed by atoms with Gasteiger partial charge in [0.15, 0.2) is 0 Å².